The average Bonchev–Trinajstić information content (AvgIpc) is 2.34. The van der Waals surface area contributed by atoms with Gasteiger partial charge in [-0.3, -0.25) is 0 Å². The standard InChI is InChI=1S/C13H7BrCl4/c14-6-7-2-1-3-8(13(7)18)9-4-11(16)12(17)5-10(9)15/h1-5H,6H2. The molecule has 0 aliphatic carbocycles. The Balaban J connectivity index is 2.66. The molecule has 0 radical (unpaired) electrons. The maximum atomic E-state index is 6.34. The summed E-state index contributed by atoms with van der Waals surface area (Å²) in [7, 11) is 0. The SMILES string of the molecule is Clc1cc(Cl)c(-c2cccc(CBr)c2Cl)cc1Cl. The zero-order chi connectivity index (χ0) is 13.3. The number of rotatable bonds is 2. The van der Waals surface area contributed by atoms with Crippen LogP contribution < -0.4 is 0 Å². The molecule has 0 aliphatic heterocycles. The van der Waals surface area contributed by atoms with Crippen molar-refractivity contribution in [2.45, 2.75) is 5.33 Å². The Labute approximate surface area is 134 Å². The first kappa shape index (κ1) is 14.5. The van der Waals surface area contributed by atoms with E-state index in [9.17, 15) is 0 Å². The second-order valence-corrected chi connectivity index (χ2v) is 5.82. The Morgan fingerprint density at radius 1 is 0.833 bits per heavy atom. The lowest BCUT2D eigenvalue weighted by Gasteiger charge is -2.11. The molecule has 0 N–H and O–H groups in total. The van der Waals surface area contributed by atoms with E-state index < -0.39 is 0 Å². The van der Waals surface area contributed by atoms with Crippen LogP contribution in [0.5, 0.6) is 0 Å². The fourth-order valence-corrected chi connectivity index (χ4v) is 3.19. The van der Waals surface area contributed by atoms with Gasteiger partial charge in [0.1, 0.15) is 0 Å². The highest BCUT2D eigenvalue weighted by molar-refractivity contribution is 9.08. The smallest absolute Gasteiger partial charge is 0.0607 e. The first-order valence-corrected chi connectivity index (χ1v) is 7.66. The summed E-state index contributed by atoms with van der Waals surface area (Å²) < 4.78 is 0. The largest absolute Gasteiger partial charge is 0.0876 e. The van der Waals surface area contributed by atoms with E-state index in [4.69, 9.17) is 46.4 Å². The van der Waals surface area contributed by atoms with Crippen LogP contribution in [-0.2, 0) is 5.33 Å². The van der Waals surface area contributed by atoms with Gasteiger partial charge < -0.3 is 0 Å². The fraction of sp³-hybridized carbons (Fsp3) is 0.0769. The normalized spacial score (nSPS) is 10.7. The predicted octanol–water partition coefficient (Wildman–Crippen LogP) is 6.86. The minimum absolute atomic E-state index is 0.429. The van der Waals surface area contributed by atoms with Crippen molar-refractivity contribution in [1.29, 1.82) is 0 Å². The Kier molecular flexibility index (Phi) is 4.85. The van der Waals surface area contributed by atoms with Gasteiger partial charge in [-0.15, -0.1) is 0 Å². The molecule has 0 spiro atoms. The number of benzene rings is 2. The van der Waals surface area contributed by atoms with Crippen molar-refractivity contribution in [3.8, 4) is 11.1 Å². The quantitative estimate of drug-likeness (QED) is 0.391. The summed E-state index contributed by atoms with van der Waals surface area (Å²) in [6.07, 6.45) is 0. The van der Waals surface area contributed by atoms with E-state index in [0.717, 1.165) is 16.7 Å². The molecule has 0 unspecified atom stereocenters. The van der Waals surface area contributed by atoms with Crippen LogP contribution in [0.25, 0.3) is 11.1 Å². The summed E-state index contributed by atoms with van der Waals surface area (Å²) in [5, 5.41) is 2.75. The van der Waals surface area contributed by atoms with Crippen LogP contribution in [0.15, 0.2) is 30.3 Å². The van der Waals surface area contributed by atoms with Crippen molar-refractivity contribution in [3.05, 3.63) is 56.0 Å². The van der Waals surface area contributed by atoms with Crippen LogP contribution in [0.3, 0.4) is 0 Å². The minimum Gasteiger partial charge on any atom is -0.0876 e. The highest BCUT2D eigenvalue weighted by atomic mass is 79.9. The second kappa shape index (κ2) is 6.02. The highest BCUT2D eigenvalue weighted by Crippen LogP contribution is 2.39. The molecule has 94 valence electrons. The fourth-order valence-electron chi connectivity index (χ4n) is 1.62. The Morgan fingerprint density at radius 2 is 1.50 bits per heavy atom. The molecular weight excluding hydrogens is 378 g/mol. The van der Waals surface area contributed by atoms with E-state index in [1.807, 2.05) is 18.2 Å². The third kappa shape index (κ3) is 2.81. The zero-order valence-corrected chi connectivity index (χ0v) is 13.6. The highest BCUT2D eigenvalue weighted by Gasteiger charge is 2.12. The van der Waals surface area contributed by atoms with Gasteiger partial charge in [0.15, 0.2) is 0 Å². The maximum Gasteiger partial charge on any atom is 0.0607 e. The van der Waals surface area contributed by atoms with E-state index in [2.05, 4.69) is 15.9 Å². The van der Waals surface area contributed by atoms with Crippen molar-refractivity contribution in [2.75, 3.05) is 0 Å². The van der Waals surface area contributed by atoms with Gasteiger partial charge in [-0.1, -0.05) is 80.5 Å². The van der Waals surface area contributed by atoms with E-state index in [1.54, 1.807) is 12.1 Å². The molecule has 2 aromatic carbocycles. The van der Waals surface area contributed by atoms with Gasteiger partial charge in [-0.05, 0) is 17.7 Å². The summed E-state index contributed by atoms with van der Waals surface area (Å²) in [5.41, 5.74) is 2.62. The summed E-state index contributed by atoms with van der Waals surface area (Å²) in [6, 6.07) is 9.13. The lowest BCUT2D eigenvalue weighted by atomic mass is 10.0. The third-order valence-electron chi connectivity index (χ3n) is 2.52. The summed E-state index contributed by atoms with van der Waals surface area (Å²) in [5.74, 6) is 0. The van der Waals surface area contributed by atoms with E-state index >= 15 is 0 Å². The van der Waals surface area contributed by atoms with E-state index in [-0.39, 0.29) is 0 Å². The van der Waals surface area contributed by atoms with E-state index in [0.29, 0.717) is 25.4 Å². The van der Waals surface area contributed by atoms with Crippen molar-refractivity contribution in [1.82, 2.24) is 0 Å². The molecule has 0 aliphatic rings. The van der Waals surface area contributed by atoms with Gasteiger partial charge in [-0.25, -0.2) is 0 Å². The molecule has 0 heterocycles. The van der Waals surface area contributed by atoms with Crippen LogP contribution in [0, 0.1) is 0 Å². The molecule has 0 atom stereocenters. The lowest BCUT2D eigenvalue weighted by molar-refractivity contribution is 1.43. The predicted molar refractivity (Wildman–Crippen MR) is 84.5 cm³/mol. The molecule has 18 heavy (non-hydrogen) atoms. The molecule has 0 saturated heterocycles. The van der Waals surface area contributed by atoms with Crippen molar-refractivity contribution >= 4 is 62.3 Å². The van der Waals surface area contributed by atoms with Crippen LogP contribution in [0.1, 0.15) is 5.56 Å². The van der Waals surface area contributed by atoms with E-state index in [1.165, 1.54) is 0 Å². The summed E-state index contributed by atoms with van der Waals surface area (Å²) in [6.45, 7) is 0. The number of halogens is 5. The van der Waals surface area contributed by atoms with Gasteiger partial charge in [0.2, 0.25) is 0 Å². The molecular formula is C13H7BrCl4. The van der Waals surface area contributed by atoms with Crippen LogP contribution >= 0.6 is 62.3 Å². The lowest BCUT2D eigenvalue weighted by Crippen LogP contribution is -1.87. The zero-order valence-electron chi connectivity index (χ0n) is 8.98. The van der Waals surface area contributed by atoms with Crippen LogP contribution in [-0.4, -0.2) is 0 Å². The van der Waals surface area contributed by atoms with Crippen molar-refractivity contribution in [3.63, 3.8) is 0 Å². The average molecular weight is 385 g/mol. The minimum atomic E-state index is 0.429. The third-order valence-corrected chi connectivity index (χ3v) is 4.61. The Morgan fingerprint density at radius 3 is 2.17 bits per heavy atom. The number of hydrogen-bond donors (Lipinski definition) is 0. The number of alkyl halides is 1. The summed E-state index contributed by atoms with van der Waals surface area (Å²) >= 11 is 27.9. The molecule has 0 nitrogen and oxygen atoms in total. The molecule has 5 heteroatoms. The first-order valence-electron chi connectivity index (χ1n) is 5.03. The molecule has 0 aromatic heterocycles. The van der Waals surface area contributed by atoms with Crippen LogP contribution in [0.2, 0.25) is 20.1 Å². The Hall–Kier alpha value is 0.0800. The van der Waals surface area contributed by atoms with Gasteiger partial charge in [-0.2, -0.15) is 0 Å². The second-order valence-electron chi connectivity index (χ2n) is 3.66. The van der Waals surface area contributed by atoms with Gasteiger partial charge in [0, 0.05) is 16.5 Å². The van der Waals surface area contributed by atoms with Crippen molar-refractivity contribution in [2.24, 2.45) is 0 Å². The first-order chi connectivity index (χ1) is 8.54. The number of hydrogen-bond acceptors (Lipinski definition) is 0. The maximum absolute atomic E-state index is 6.34. The summed E-state index contributed by atoms with van der Waals surface area (Å²) in [4.78, 5) is 0. The van der Waals surface area contributed by atoms with Gasteiger partial charge in [0.25, 0.3) is 0 Å². The molecule has 2 aromatic rings. The van der Waals surface area contributed by atoms with Crippen molar-refractivity contribution < 1.29 is 0 Å². The van der Waals surface area contributed by atoms with Gasteiger partial charge in [0.05, 0.1) is 20.1 Å². The molecule has 0 bridgehead atoms. The molecule has 0 fully saturated rings. The van der Waals surface area contributed by atoms with Gasteiger partial charge >= 0.3 is 0 Å². The topological polar surface area (TPSA) is 0 Å². The Bertz CT molecular complexity index is 596. The molecule has 0 saturated carbocycles. The molecule has 0 amide bonds. The molecule has 2 rings (SSSR count). The monoisotopic (exact) mass is 382 g/mol. The van der Waals surface area contributed by atoms with Crippen LogP contribution in [0.4, 0.5) is 0 Å².